The molecule has 5 rings (SSSR count). The van der Waals surface area contributed by atoms with E-state index in [0.29, 0.717) is 42.8 Å². The lowest BCUT2D eigenvalue weighted by Gasteiger charge is -2.49. The third-order valence-electron chi connectivity index (χ3n) is 7.84. The summed E-state index contributed by atoms with van der Waals surface area (Å²) in [4.78, 5) is 23.8. The van der Waals surface area contributed by atoms with Crippen LogP contribution in [0, 0.1) is 5.41 Å². The van der Waals surface area contributed by atoms with Crippen LogP contribution < -0.4 is 10.5 Å². The van der Waals surface area contributed by atoms with Crippen LogP contribution in [0.5, 0.6) is 5.75 Å². The lowest BCUT2D eigenvalue weighted by Crippen LogP contribution is -2.50. The molecule has 0 bridgehead atoms. The van der Waals surface area contributed by atoms with Crippen molar-refractivity contribution in [2.24, 2.45) is 12.5 Å². The lowest BCUT2D eigenvalue weighted by atomic mass is 9.62. The van der Waals surface area contributed by atoms with Gasteiger partial charge < -0.3 is 24.7 Å². The SMILES string of the molecule is [2H]C([2H])([2H])Oc1ccc(-c2c(C3CN(C(=O)OC(C)(C)C)CCC34CCC=C(F)C4)n(C)c3ncnc(N)c23)cc1. The van der Waals surface area contributed by atoms with E-state index in [1.54, 1.807) is 35.2 Å². The lowest BCUT2D eigenvalue weighted by molar-refractivity contribution is -0.000412. The maximum atomic E-state index is 15.0. The van der Waals surface area contributed by atoms with Gasteiger partial charge in [0.2, 0.25) is 0 Å². The fourth-order valence-corrected chi connectivity index (χ4v) is 6.11. The molecule has 1 spiro atoms. The second-order valence-electron chi connectivity index (χ2n) is 11.4. The number of halogens is 1. The van der Waals surface area contributed by atoms with Crippen LogP contribution in [-0.2, 0) is 11.8 Å². The summed E-state index contributed by atoms with van der Waals surface area (Å²) in [7, 11) is -0.683. The Morgan fingerprint density at radius 3 is 2.68 bits per heavy atom. The highest BCUT2D eigenvalue weighted by Gasteiger charge is 2.49. The van der Waals surface area contributed by atoms with Crippen molar-refractivity contribution in [1.82, 2.24) is 19.4 Å². The van der Waals surface area contributed by atoms with Crippen molar-refractivity contribution in [2.45, 2.75) is 58.0 Å². The highest BCUT2D eigenvalue weighted by atomic mass is 19.1. The Kier molecular flexibility index (Phi) is 5.65. The van der Waals surface area contributed by atoms with Crippen LogP contribution in [0.25, 0.3) is 22.2 Å². The first-order valence-electron chi connectivity index (χ1n) is 14.4. The number of anilines is 1. The number of fused-ring (bicyclic) bond motifs is 1. The van der Waals surface area contributed by atoms with Crippen molar-refractivity contribution in [2.75, 3.05) is 25.9 Å². The fourth-order valence-electron chi connectivity index (χ4n) is 6.11. The molecule has 3 heterocycles. The van der Waals surface area contributed by atoms with Crippen LogP contribution in [0.3, 0.4) is 0 Å². The summed E-state index contributed by atoms with van der Waals surface area (Å²) in [6.45, 7) is 6.28. The molecule has 202 valence electrons. The number of benzene rings is 1. The van der Waals surface area contributed by atoms with Crippen molar-refractivity contribution >= 4 is 22.9 Å². The molecule has 1 aliphatic heterocycles. The van der Waals surface area contributed by atoms with Gasteiger partial charge >= 0.3 is 6.09 Å². The van der Waals surface area contributed by atoms with Crippen LogP contribution in [-0.4, -0.2) is 51.3 Å². The van der Waals surface area contributed by atoms with Gasteiger partial charge in [0.05, 0.1) is 22.4 Å². The van der Waals surface area contributed by atoms with Crippen molar-refractivity contribution in [1.29, 1.82) is 0 Å². The Balaban J connectivity index is 1.69. The normalized spacial score (nSPS) is 23.5. The summed E-state index contributed by atoms with van der Waals surface area (Å²) >= 11 is 0. The van der Waals surface area contributed by atoms with Gasteiger partial charge in [-0.05, 0) is 63.1 Å². The zero-order valence-corrected chi connectivity index (χ0v) is 22.3. The molecule has 3 aromatic rings. The summed E-state index contributed by atoms with van der Waals surface area (Å²) in [5.74, 6) is 0.0654. The maximum absolute atomic E-state index is 15.0. The summed E-state index contributed by atoms with van der Waals surface area (Å²) in [6.07, 6.45) is 4.90. The fraction of sp³-hybridized carbons (Fsp3) is 0.483. The number of piperidine rings is 1. The number of ether oxygens (including phenoxy) is 2. The molecule has 2 N–H and O–H groups in total. The molecular formula is C29H36FN5O3. The third-order valence-corrected chi connectivity index (χ3v) is 7.84. The monoisotopic (exact) mass is 524 g/mol. The minimum Gasteiger partial charge on any atom is -0.497 e. The number of nitrogens with two attached hydrogens (primary N) is 1. The number of allylic oxidation sites excluding steroid dienone is 2. The van der Waals surface area contributed by atoms with Gasteiger partial charge in [-0.1, -0.05) is 18.2 Å². The molecule has 0 saturated carbocycles. The zero-order chi connectivity index (χ0) is 29.7. The molecule has 0 radical (unpaired) electrons. The van der Waals surface area contributed by atoms with Crippen molar-refractivity contribution in [3.63, 3.8) is 0 Å². The van der Waals surface area contributed by atoms with Gasteiger partial charge in [-0.15, -0.1) is 0 Å². The van der Waals surface area contributed by atoms with E-state index in [4.69, 9.17) is 19.3 Å². The first-order chi connectivity index (χ1) is 19.2. The van der Waals surface area contributed by atoms with Gasteiger partial charge in [-0.25, -0.2) is 19.2 Å². The van der Waals surface area contributed by atoms with Gasteiger partial charge in [-0.2, -0.15) is 0 Å². The van der Waals surface area contributed by atoms with Crippen LogP contribution in [0.15, 0.2) is 42.5 Å². The molecule has 8 nitrogen and oxygen atoms in total. The van der Waals surface area contributed by atoms with Crippen LogP contribution in [0.2, 0.25) is 0 Å². The molecule has 2 aromatic heterocycles. The smallest absolute Gasteiger partial charge is 0.410 e. The molecule has 2 unspecified atom stereocenters. The Labute approximate surface area is 226 Å². The minimum absolute atomic E-state index is 0.141. The number of amides is 1. The van der Waals surface area contributed by atoms with Crippen molar-refractivity contribution < 1.29 is 22.8 Å². The van der Waals surface area contributed by atoms with Crippen molar-refractivity contribution in [3.8, 4) is 16.9 Å². The number of carbonyl (C=O) groups excluding carboxylic acids is 1. The largest absolute Gasteiger partial charge is 0.497 e. The second-order valence-corrected chi connectivity index (χ2v) is 11.4. The first-order valence-corrected chi connectivity index (χ1v) is 12.9. The van der Waals surface area contributed by atoms with E-state index in [1.807, 2.05) is 32.4 Å². The molecule has 2 atom stereocenters. The number of hydrogen-bond donors (Lipinski definition) is 1. The first kappa shape index (κ1) is 22.4. The molecule has 1 saturated heterocycles. The molecule has 1 aromatic carbocycles. The predicted octanol–water partition coefficient (Wildman–Crippen LogP) is 5.97. The molecular weight excluding hydrogens is 485 g/mol. The number of methoxy groups -OCH3 is 1. The molecule has 38 heavy (non-hydrogen) atoms. The molecule has 1 amide bonds. The number of carbonyl (C=O) groups is 1. The number of rotatable bonds is 3. The van der Waals surface area contributed by atoms with Crippen molar-refractivity contribution in [3.05, 3.63) is 48.2 Å². The highest BCUT2D eigenvalue weighted by molar-refractivity contribution is 6.02. The van der Waals surface area contributed by atoms with E-state index >= 15 is 0 Å². The van der Waals surface area contributed by atoms with Crippen LogP contribution in [0.1, 0.15) is 62.2 Å². The molecule has 9 heteroatoms. The van der Waals surface area contributed by atoms with E-state index in [-0.39, 0.29) is 23.9 Å². The standard InChI is InChI=1S/C29H36FN5O3/c1-28(2,3)38-27(36)35-14-13-29(12-6-7-19(30)15-29)21(16-35)24-22(18-8-10-20(37-5)11-9-18)23-25(31)32-17-33-26(23)34(24)4/h7-11,17,21H,6,12-16H2,1-5H3,(H2,31,32,33)/i5D3. The van der Waals surface area contributed by atoms with E-state index in [9.17, 15) is 9.18 Å². The quantitative estimate of drug-likeness (QED) is 0.453. The highest BCUT2D eigenvalue weighted by Crippen LogP contribution is 2.55. The van der Waals surface area contributed by atoms with Gasteiger partial charge in [0.15, 0.2) is 0 Å². The topological polar surface area (TPSA) is 95.5 Å². The van der Waals surface area contributed by atoms with E-state index in [2.05, 4.69) is 9.97 Å². The Bertz CT molecular complexity index is 1500. The van der Waals surface area contributed by atoms with Crippen LogP contribution in [0.4, 0.5) is 15.0 Å². The average Bonchev–Trinajstić information content (AvgIpc) is 3.16. The molecule has 1 fully saturated rings. The number of aromatic nitrogens is 3. The summed E-state index contributed by atoms with van der Waals surface area (Å²) in [5.41, 5.74) is 8.33. The van der Waals surface area contributed by atoms with Gasteiger partial charge in [0.25, 0.3) is 0 Å². The Hall–Kier alpha value is -3.62. The van der Waals surface area contributed by atoms with Gasteiger partial charge in [0, 0.05) is 43.7 Å². The number of aryl methyl sites for hydroxylation is 1. The number of likely N-dealkylation sites (tertiary alicyclic amines) is 1. The average molecular weight is 525 g/mol. The second kappa shape index (κ2) is 9.60. The van der Waals surface area contributed by atoms with E-state index in [0.717, 1.165) is 23.2 Å². The van der Waals surface area contributed by atoms with Gasteiger partial charge in [0.1, 0.15) is 29.1 Å². The number of nitrogen functional groups attached to an aromatic ring is 1. The molecule has 1 aliphatic carbocycles. The van der Waals surface area contributed by atoms with E-state index < -0.39 is 24.1 Å². The summed E-state index contributed by atoms with van der Waals surface area (Å²) in [6, 6.07) is 6.73. The molecule has 2 aliphatic rings. The third kappa shape index (κ3) is 4.59. The number of nitrogens with zero attached hydrogens (tertiary/aromatic N) is 4. The van der Waals surface area contributed by atoms with Crippen LogP contribution >= 0.6 is 0 Å². The number of hydrogen-bond acceptors (Lipinski definition) is 6. The summed E-state index contributed by atoms with van der Waals surface area (Å²) < 4.78 is 50.0. The Morgan fingerprint density at radius 1 is 1.24 bits per heavy atom. The van der Waals surface area contributed by atoms with Gasteiger partial charge in [-0.3, -0.25) is 0 Å². The van der Waals surface area contributed by atoms with E-state index in [1.165, 1.54) is 6.33 Å². The Morgan fingerprint density at radius 2 is 2.00 bits per heavy atom. The minimum atomic E-state index is -2.58. The summed E-state index contributed by atoms with van der Waals surface area (Å²) in [5, 5.41) is 0.644. The zero-order valence-electron chi connectivity index (χ0n) is 25.3. The predicted molar refractivity (Wildman–Crippen MR) is 146 cm³/mol. The maximum Gasteiger partial charge on any atom is 0.410 e.